The van der Waals surface area contributed by atoms with Crippen LogP contribution >= 0.6 is 0 Å². The predicted molar refractivity (Wildman–Crippen MR) is 142 cm³/mol. The molecule has 0 aromatic heterocycles. The van der Waals surface area contributed by atoms with Gasteiger partial charge in [-0.1, -0.05) is 0 Å². The fraction of sp³-hybridized carbons (Fsp3) is 0.714. The molecule has 2 heterocycles. The van der Waals surface area contributed by atoms with E-state index in [4.69, 9.17) is 9.47 Å². The van der Waals surface area contributed by atoms with E-state index in [1.165, 1.54) is 6.42 Å². The van der Waals surface area contributed by atoms with Crippen molar-refractivity contribution in [1.29, 1.82) is 0 Å². The van der Waals surface area contributed by atoms with E-state index in [1.54, 1.807) is 7.11 Å². The number of carbonyl (C=O) groups excluding carboxylic acids is 2. The molecule has 204 valence electrons. The molecule has 9 nitrogen and oxygen atoms in total. The van der Waals surface area contributed by atoms with E-state index in [2.05, 4.69) is 10.6 Å². The lowest BCUT2D eigenvalue weighted by Gasteiger charge is -2.45. The van der Waals surface area contributed by atoms with Gasteiger partial charge in [-0.2, -0.15) is 0 Å². The van der Waals surface area contributed by atoms with Crippen molar-refractivity contribution in [2.75, 3.05) is 43.2 Å². The number of methoxy groups -OCH3 is 1. The molecule has 0 spiro atoms. The number of benzene rings is 1. The van der Waals surface area contributed by atoms with Crippen molar-refractivity contribution < 1.29 is 24.2 Å². The summed E-state index contributed by atoms with van der Waals surface area (Å²) in [5.74, 6) is 0.407. The Hall–Kier alpha value is -2.36. The van der Waals surface area contributed by atoms with Crippen LogP contribution in [0.4, 0.5) is 11.4 Å². The number of hydrogen-bond donors (Lipinski definition) is 3. The predicted octanol–water partition coefficient (Wildman–Crippen LogP) is 2.41. The molecule has 1 aromatic rings. The van der Waals surface area contributed by atoms with Gasteiger partial charge in [-0.05, 0) is 77.0 Å². The molecule has 5 rings (SSSR count). The van der Waals surface area contributed by atoms with Gasteiger partial charge in [0.2, 0.25) is 11.8 Å². The molecule has 3 N–H and O–H groups in total. The summed E-state index contributed by atoms with van der Waals surface area (Å²) in [5, 5.41) is 17.6. The normalized spacial score (nSPS) is 27.0. The Kier molecular flexibility index (Phi) is 7.65. The molecular weight excluding hydrogens is 472 g/mol. The Morgan fingerprint density at radius 1 is 1.22 bits per heavy atom. The number of nitrogens with zero attached hydrogens (tertiary/aromatic N) is 2. The standard InChI is InChI=1S/C28H42N4O5/c1-28(2)27(35)31(12-5-13-36-3)23-15-22(10-11-24(23)37-28)32(21-8-9-21)26(34)19-14-18(16-29-17-19)25(33)30-20-6-4-7-20/h10-11,15,18-21,27,29,35H,4-9,12-14,16-17H2,1-3H3,(H,30,33). The highest BCUT2D eigenvalue weighted by molar-refractivity contribution is 5.97. The van der Waals surface area contributed by atoms with Crippen LogP contribution in [0.15, 0.2) is 18.2 Å². The van der Waals surface area contributed by atoms with E-state index >= 15 is 0 Å². The van der Waals surface area contributed by atoms with E-state index in [9.17, 15) is 14.7 Å². The maximum absolute atomic E-state index is 13.9. The first kappa shape index (κ1) is 26.3. The highest BCUT2D eigenvalue weighted by Crippen LogP contribution is 2.44. The van der Waals surface area contributed by atoms with Crippen molar-refractivity contribution in [3.63, 3.8) is 0 Å². The van der Waals surface area contributed by atoms with Crippen LogP contribution in [0.1, 0.15) is 58.8 Å². The Labute approximate surface area is 219 Å². The van der Waals surface area contributed by atoms with Crippen LogP contribution in [-0.4, -0.2) is 74.2 Å². The third-order valence-electron chi connectivity index (χ3n) is 8.24. The smallest absolute Gasteiger partial charge is 0.231 e. The minimum absolute atomic E-state index is 0.0691. The van der Waals surface area contributed by atoms with Crippen molar-refractivity contribution in [2.24, 2.45) is 11.8 Å². The van der Waals surface area contributed by atoms with Gasteiger partial charge in [0.15, 0.2) is 6.23 Å². The lowest BCUT2D eigenvalue weighted by molar-refractivity contribution is -0.129. The van der Waals surface area contributed by atoms with Crippen LogP contribution in [0.2, 0.25) is 0 Å². The van der Waals surface area contributed by atoms with Crippen LogP contribution in [0.25, 0.3) is 0 Å². The molecule has 9 heteroatoms. The molecule has 3 unspecified atom stereocenters. The fourth-order valence-corrected chi connectivity index (χ4v) is 5.68. The largest absolute Gasteiger partial charge is 0.481 e. The first-order valence-corrected chi connectivity index (χ1v) is 13.9. The highest BCUT2D eigenvalue weighted by atomic mass is 16.5. The number of ether oxygens (including phenoxy) is 2. The van der Waals surface area contributed by atoms with E-state index in [-0.39, 0.29) is 29.7 Å². The van der Waals surface area contributed by atoms with Crippen molar-refractivity contribution >= 4 is 23.2 Å². The molecular formula is C28H42N4O5. The summed E-state index contributed by atoms with van der Waals surface area (Å²) in [7, 11) is 1.67. The number of carbonyl (C=O) groups is 2. The zero-order valence-corrected chi connectivity index (χ0v) is 22.4. The minimum atomic E-state index is -0.824. The lowest BCUT2D eigenvalue weighted by atomic mass is 9.87. The zero-order valence-electron chi connectivity index (χ0n) is 22.4. The Morgan fingerprint density at radius 3 is 2.65 bits per heavy atom. The van der Waals surface area contributed by atoms with Gasteiger partial charge in [0.1, 0.15) is 11.4 Å². The first-order valence-electron chi connectivity index (χ1n) is 13.9. The average molecular weight is 515 g/mol. The fourth-order valence-electron chi connectivity index (χ4n) is 5.68. The molecule has 0 radical (unpaired) electrons. The number of piperidine rings is 1. The molecule has 1 saturated heterocycles. The Bertz CT molecular complexity index is 993. The molecule has 2 amide bonds. The summed E-state index contributed by atoms with van der Waals surface area (Å²) in [4.78, 5) is 30.6. The van der Waals surface area contributed by atoms with Crippen LogP contribution < -0.4 is 25.2 Å². The van der Waals surface area contributed by atoms with Gasteiger partial charge in [-0.15, -0.1) is 0 Å². The number of rotatable bonds is 9. The van der Waals surface area contributed by atoms with E-state index < -0.39 is 11.8 Å². The van der Waals surface area contributed by atoms with Crippen molar-refractivity contribution in [1.82, 2.24) is 10.6 Å². The van der Waals surface area contributed by atoms with Crippen molar-refractivity contribution in [3.05, 3.63) is 18.2 Å². The van der Waals surface area contributed by atoms with Gasteiger partial charge in [0.25, 0.3) is 0 Å². The zero-order chi connectivity index (χ0) is 26.2. The number of fused-ring (bicyclic) bond motifs is 1. The van der Waals surface area contributed by atoms with Gasteiger partial charge in [-0.25, -0.2) is 0 Å². The van der Waals surface area contributed by atoms with Gasteiger partial charge in [-0.3, -0.25) is 9.59 Å². The molecule has 2 aliphatic carbocycles. The molecule has 3 atom stereocenters. The van der Waals surface area contributed by atoms with E-state index in [1.807, 2.05) is 41.8 Å². The van der Waals surface area contributed by atoms with E-state index in [0.29, 0.717) is 44.5 Å². The number of hydrogen-bond acceptors (Lipinski definition) is 7. The van der Waals surface area contributed by atoms with Crippen LogP contribution in [0.3, 0.4) is 0 Å². The van der Waals surface area contributed by atoms with Crippen LogP contribution in [0, 0.1) is 11.8 Å². The summed E-state index contributed by atoms with van der Waals surface area (Å²) < 4.78 is 11.4. The molecule has 1 aromatic carbocycles. The molecule has 37 heavy (non-hydrogen) atoms. The maximum atomic E-state index is 13.9. The topological polar surface area (TPSA) is 103 Å². The summed E-state index contributed by atoms with van der Waals surface area (Å²) >= 11 is 0. The summed E-state index contributed by atoms with van der Waals surface area (Å²) in [6, 6.07) is 6.32. The maximum Gasteiger partial charge on any atom is 0.231 e. The second kappa shape index (κ2) is 10.8. The number of anilines is 2. The monoisotopic (exact) mass is 514 g/mol. The third kappa shape index (κ3) is 5.59. The van der Waals surface area contributed by atoms with Crippen molar-refractivity contribution in [2.45, 2.75) is 82.7 Å². The third-order valence-corrected chi connectivity index (χ3v) is 8.24. The second-order valence-corrected chi connectivity index (χ2v) is 11.6. The number of aliphatic hydroxyl groups is 1. The molecule has 2 aliphatic heterocycles. The molecule has 0 bridgehead atoms. The minimum Gasteiger partial charge on any atom is -0.481 e. The quantitative estimate of drug-likeness (QED) is 0.435. The van der Waals surface area contributed by atoms with Crippen LogP contribution in [0.5, 0.6) is 5.75 Å². The Balaban J connectivity index is 1.35. The number of amides is 2. The lowest BCUT2D eigenvalue weighted by Crippen LogP contribution is -2.56. The van der Waals surface area contributed by atoms with Gasteiger partial charge in [0, 0.05) is 51.1 Å². The van der Waals surface area contributed by atoms with Gasteiger partial charge in [0.05, 0.1) is 17.5 Å². The second-order valence-electron chi connectivity index (χ2n) is 11.6. The molecule has 2 saturated carbocycles. The number of aliphatic hydroxyl groups excluding tert-OH is 1. The first-order chi connectivity index (χ1) is 17.8. The van der Waals surface area contributed by atoms with Gasteiger partial charge >= 0.3 is 0 Å². The number of nitrogens with one attached hydrogen (secondary N) is 2. The summed E-state index contributed by atoms with van der Waals surface area (Å²) in [6.45, 7) is 6.17. The van der Waals surface area contributed by atoms with Gasteiger partial charge < -0.3 is 35.0 Å². The average Bonchev–Trinajstić information content (AvgIpc) is 3.69. The molecule has 3 fully saturated rings. The van der Waals surface area contributed by atoms with Crippen molar-refractivity contribution in [3.8, 4) is 5.75 Å². The van der Waals surface area contributed by atoms with E-state index in [0.717, 1.165) is 43.5 Å². The SMILES string of the molecule is COCCCN1c2cc(N(C(=O)C3CNCC(C(=O)NC4CCC4)C3)C3CC3)ccc2OC(C)(C)C1O. The highest BCUT2D eigenvalue weighted by Gasteiger charge is 2.43. The summed E-state index contributed by atoms with van der Waals surface area (Å²) in [6.07, 6.45) is 5.73. The summed E-state index contributed by atoms with van der Waals surface area (Å²) in [5.41, 5.74) is 0.842. The molecule has 4 aliphatic rings. The Morgan fingerprint density at radius 2 is 1.97 bits per heavy atom. The van der Waals surface area contributed by atoms with Crippen LogP contribution in [-0.2, 0) is 14.3 Å².